The standard InChI is InChI=1S/3C8H18.C5H12.4CH3.4Y/c3*1-4-6-8(3)7-5-2;1-3-5-4-2;;;;;;;;/h3*8H,4-7H2,1-3H3;3-5H2,1-2H3;4*1H3;;;;/q;;;;4*-1;;;;/i3*4T;3T;;;;;;;;. The molecule has 0 fully saturated rings. The molecule has 0 aliphatic carbocycles. The molecule has 0 aromatic carbocycles. The van der Waals surface area contributed by atoms with Gasteiger partial charge in [0.05, 0.1) is 0 Å². The summed E-state index contributed by atoms with van der Waals surface area (Å²) in [6.07, 6.45) is 13.5. The Morgan fingerprint density at radius 3 is 0.676 bits per heavy atom. The molecule has 0 aliphatic heterocycles. The van der Waals surface area contributed by atoms with E-state index in [9.17, 15) is 0 Å². The molecule has 0 aliphatic rings. The zero-order valence-electron chi connectivity index (χ0n) is 33.1. The van der Waals surface area contributed by atoms with Crippen LogP contribution in [0.4, 0.5) is 0 Å². The van der Waals surface area contributed by atoms with Crippen molar-refractivity contribution in [2.75, 3.05) is 0 Å². The molecular formula is C33H78Y4-4. The van der Waals surface area contributed by atoms with Crippen LogP contribution >= 0.6 is 0 Å². The van der Waals surface area contributed by atoms with Crippen LogP contribution in [0.5, 0.6) is 0 Å². The Hall–Kier alpha value is 4.42. The summed E-state index contributed by atoms with van der Waals surface area (Å²) in [7, 11) is 0. The van der Waals surface area contributed by atoms with Crippen molar-refractivity contribution in [3.63, 3.8) is 0 Å². The van der Waals surface area contributed by atoms with E-state index in [0.29, 0.717) is 0 Å². The van der Waals surface area contributed by atoms with Crippen LogP contribution in [-0.4, -0.2) is 0 Å². The third-order valence-electron chi connectivity index (χ3n) is 4.84. The Morgan fingerprint density at radius 2 is 0.595 bits per heavy atom. The van der Waals surface area contributed by atoms with Gasteiger partial charge in [-0.2, -0.15) is 0 Å². The van der Waals surface area contributed by atoms with E-state index in [4.69, 9.17) is 5.48 Å². The van der Waals surface area contributed by atoms with Crippen LogP contribution in [0.15, 0.2) is 0 Å². The molecule has 0 N–H and O–H groups in total. The molecule has 0 amide bonds. The topological polar surface area (TPSA) is 0 Å². The fraction of sp³-hybridized carbons (Fsp3) is 0.879. The minimum absolute atomic E-state index is 0. The molecule has 0 saturated heterocycles. The third kappa shape index (κ3) is 100. The van der Waals surface area contributed by atoms with Gasteiger partial charge in [0.2, 0.25) is 0 Å². The van der Waals surface area contributed by atoms with Gasteiger partial charge in [-0.15, -0.1) is 0 Å². The summed E-state index contributed by atoms with van der Waals surface area (Å²) in [6, 6.07) is 0. The zero-order valence-corrected chi connectivity index (χ0v) is 40.5. The Labute approximate surface area is 351 Å². The molecule has 37 heavy (non-hydrogen) atoms. The van der Waals surface area contributed by atoms with Crippen LogP contribution in [0.25, 0.3) is 0 Å². The van der Waals surface area contributed by atoms with Gasteiger partial charge in [-0.3, -0.25) is 0 Å². The summed E-state index contributed by atoms with van der Waals surface area (Å²) in [5.41, 5.74) is 0. The van der Waals surface area contributed by atoms with Crippen molar-refractivity contribution in [3.8, 4) is 0 Å². The van der Waals surface area contributed by atoms with E-state index < -0.39 is 0 Å². The largest absolute Gasteiger partial charge is 0.358 e. The molecule has 7 atom stereocenters. The normalized spacial score (nSPS) is 15.1. The van der Waals surface area contributed by atoms with Crippen molar-refractivity contribution in [1.29, 1.82) is 0 Å². The van der Waals surface area contributed by atoms with Gasteiger partial charge in [-0.05, 0) is 17.8 Å². The van der Waals surface area contributed by atoms with Crippen molar-refractivity contribution in [3.05, 3.63) is 29.7 Å². The van der Waals surface area contributed by atoms with Gasteiger partial charge in [-0.25, -0.2) is 0 Å². The number of hydrogen-bond donors (Lipinski definition) is 0. The van der Waals surface area contributed by atoms with Crippen molar-refractivity contribution >= 4 is 0 Å². The van der Waals surface area contributed by atoms with Crippen molar-refractivity contribution < 1.29 is 136 Å². The SMILES string of the molecule is [3H]C(C)CC(C)CCC.[3H]C(C)CC(C)CCC.[3H]C(C)CC(C)CCC.[3H]C(C)CCC.[CH3-].[CH3-].[CH3-].[CH3-].[Y].[Y].[Y].[Y]. The van der Waals surface area contributed by atoms with Gasteiger partial charge in [0.15, 0.2) is 0 Å². The van der Waals surface area contributed by atoms with E-state index in [0.717, 1.165) is 49.9 Å². The molecule has 0 aromatic heterocycles. The predicted molar refractivity (Wildman–Crippen MR) is 168 cm³/mol. The van der Waals surface area contributed by atoms with E-state index in [1.807, 2.05) is 27.7 Å². The summed E-state index contributed by atoms with van der Waals surface area (Å²) < 4.78 is 28.8. The maximum Gasteiger partial charge on any atom is 0.0264 e. The summed E-state index contributed by atoms with van der Waals surface area (Å²) in [4.78, 5) is 0. The average Bonchev–Trinajstić information content (AvgIpc) is 2.61. The first kappa shape index (κ1) is 60.6. The molecule has 0 spiro atoms. The van der Waals surface area contributed by atoms with Gasteiger partial charge >= 0.3 is 0 Å². The van der Waals surface area contributed by atoms with Crippen molar-refractivity contribution in [2.24, 2.45) is 17.8 Å². The van der Waals surface area contributed by atoms with Gasteiger partial charge < -0.3 is 29.7 Å². The molecule has 7 unspecified atom stereocenters. The van der Waals surface area contributed by atoms with Crippen LogP contribution in [-0.2, 0) is 131 Å². The van der Waals surface area contributed by atoms with Gasteiger partial charge in [0.1, 0.15) is 0 Å². The maximum absolute atomic E-state index is 7.29. The second kappa shape index (κ2) is 77.8. The number of hydrogen-bond acceptors (Lipinski definition) is 0. The van der Waals surface area contributed by atoms with E-state index in [1.165, 1.54) is 38.5 Å². The first-order valence-electron chi connectivity index (χ1n) is 15.3. The second-order valence-corrected chi connectivity index (χ2v) is 8.81. The van der Waals surface area contributed by atoms with Crippen LogP contribution in [0.1, 0.15) is 178 Å². The smallest absolute Gasteiger partial charge is 0.0264 e. The Kier molecular flexibility index (Phi) is 127. The minimum atomic E-state index is 0. The van der Waals surface area contributed by atoms with Crippen LogP contribution in [0.3, 0.4) is 0 Å². The van der Waals surface area contributed by atoms with Crippen LogP contribution < -0.4 is 0 Å². The average molecular weight is 839 g/mol. The predicted octanol–water partition coefficient (Wildman–Crippen LogP) is 13.7. The molecule has 0 bridgehead atoms. The summed E-state index contributed by atoms with van der Waals surface area (Å²) in [5, 5.41) is 0. The molecule has 4 radical (unpaired) electrons. The fourth-order valence-corrected chi connectivity index (χ4v) is 3.33. The summed E-state index contributed by atoms with van der Waals surface area (Å²) in [5.74, 6) is 2.26. The Morgan fingerprint density at radius 1 is 0.378 bits per heavy atom. The van der Waals surface area contributed by atoms with Crippen LogP contribution in [0, 0.1) is 47.5 Å². The van der Waals surface area contributed by atoms with E-state index in [1.54, 1.807) is 0 Å². The van der Waals surface area contributed by atoms with E-state index >= 15 is 0 Å². The fourth-order valence-electron chi connectivity index (χ4n) is 3.33. The second-order valence-electron chi connectivity index (χ2n) is 8.81. The van der Waals surface area contributed by atoms with Gasteiger partial charge in [0.25, 0.3) is 0 Å². The van der Waals surface area contributed by atoms with Crippen molar-refractivity contribution in [1.82, 2.24) is 0 Å². The molecule has 4 heteroatoms. The quantitative estimate of drug-likeness (QED) is 0.153. The van der Waals surface area contributed by atoms with Gasteiger partial charge in [0, 0.05) is 136 Å². The summed E-state index contributed by atoms with van der Waals surface area (Å²) >= 11 is 0. The number of rotatable bonds is 14. The molecule has 0 nitrogen and oxygen atoms in total. The van der Waals surface area contributed by atoms with E-state index in [2.05, 4.69) is 48.5 Å². The summed E-state index contributed by atoms with van der Waals surface area (Å²) in [6.45, 7) is 23.2. The monoisotopic (exact) mass is 838 g/mol. The zero-order chi connectivity index (χ0) is 26.8. The molecule has 0 aromatic rings. The van der Waals surface area contributed by atoms with E-state index in [-0.39, 0.29) is 186 Å². The first-order valence-corrected chi connectivity index (χ1v) is 13.0. The molecular weight excluding hydrogens is 752 g/mol. The van der Waals surface area contributed by atoms with Crippen molar-refractivity contribution in [2.45, 2.75) is 172 Å². The molecule has 0 heterocycles. The first-order chi connectivity index (χ1) is 15.3. The molecule has 226 valence electrons. The van der Waals surface area contributed by atoms with Gasteiger partial charge in [-0.1, -0.05) is 172 Å². The Balaban J connectivity index is -0.0000000259. The molecule has 0 saturated carbocycles. The third-order valence-corrected chi connectivity index (χ3v) is 4.84. The minimum Gasteiger partial charge on any atom is -0.358 e. The molecule has 0 rings (SSSR count). The maximum atomic E-state index is 7.29. The Bertz CT molecular complexity index is 306. The van der Waals surface area contributed by atoms with Crippen LogP contribution in [0.2, 0.25) is 0 Å².